The van der Waals surface area contributed by atoms with Crippen LogP contribution in [0.15, 0.2) is 47.5 Å². The second kappa shape index (κ2) is 11.3. The highest BCUT2D eigenvalue weighted by molar-refractivity contribution is 5.94. The third-order valence-electron chi connectivity index (χ3n) is 4.72. The molecule has 0 radical (unpaired) electrons. The lowest BCUT2D eigenvalue weighted by atomic mass is 9.94. The van der Waals surface area contributed by atoms with Crippen molar-refractivity contribution >= 4 is 11.9 Å². The van der Waals surface area contributed by atoms with Gasteiger partial charge in [-0.1, -0.05) is 61.8 Å². The number of rotatable bonds is 10. The number of urea groups is 1. The van der Waals surface area contributed by atoms with Gasteiger partial charge in [-0.15, -0.1) is 11.6 Å². The molecule has 30 heavy (non-hydrogen) atoms. The zero-order valence-electron chi connectivity index (χ0n) is 17.7. The lowest BCUT2D eigenvalue weighted by Crippen LogP contribution is -2.46. The number of amides is 3. The van der Waals surface area contributed by atoms with Crippen LogP contribution in [0, 0.1) is 18.8 Å². The summed E-state index contributed by atoms with van der Waals surface area (Å²) < 4.78 is 5.22. The van der Waals surface area contributed by atoms with Gasteiger partial charge in [-0.25, -0.2) is 4.79 Å². The van der Waals surface area contributed by atoms with Crippen LogP contribution in [0.4, 0.5) is 4.79 Å². The Morgan fingerprint density at radius 1 is 1.27 bits per heavy atom. The third kappa shape index (κ3) is 6.81. The number of carbonyl (C=O) groups excluding carboxylic acids is 2. The SMILES string of the molecule is C=CC[C@H](CCC(C)C)C(=O)N(O)C(=O)N[C@@H](Cc1ccccc1)c1nc(C)no1. The van der Waals surface area contributed by atoms with E-state index in [1.807, 2.05) is 30.3 Å². The zero-order chi connectivity index (χ0) is 22.1. The highest BCUT2D eigenvalue weighted by Gasteiger charge is 2.30. The molecule has 0 bridgehead atoms. The molecule has 0 aliphatic carbocycles. The molecular weight excluding hydrogens is 384 g/mol. The van der Waals surface area contributed by atoms with Gasteiger partial charge in [0.05, 0.1) is 0 Å². The normalized spacial score (nSPS) is 13.0. The summed E-state index contributed by atoms with van der Waals surface area (Å²) in [6, 6.07) is 7.81. The van der Waals surface area contributed by atoms with Crippen molar-refractivity contribution in [1.82, 2.24) is 20.5 Å². The van der Waals surface area contributed by atoms with Crippen LogP contribution < -0.4 is 5.32 Å². The Bertz CT molecular complexity index is 835. The number of aryl methyl sites for hydroxylation is 1. The number of aromatic nitrogens is 2. The average Bonchev–Trinajstić information content (AvgIpc) is 3.16. The summed E-state index contributed by atoms with van der Waals surface area (Å²) >= 11 is 0. The Kier molecular flexibility index (Phi) is 8.73. The fourth-order valence-electron chi connectivity index (χ4n) is 3.07. The highest BCUT2D eigenvalue weighted by atomic mass is 16.5. The van der Waals surface area contributed by atoms with Crippen LogP contribution in [-0.4, -0.2) is 32.3 Å². The number of hydrogen-bond acceptors (Lipinski definition) is 6. The van der Waals surface area contributed by atoms with Crippen molar-refractivity contribution in [2.75, 3.05) is 0 Å². The van der Waals surface area contributed by atoms with Crippen LogP contribution in [0.5, 0.6) is 0 Å². The summed E-state index contributed by atoms with van der Waals surface area (Å²) in [6.07, 6.45) is 3.72. The summed E-state index contributed by atoms with van der Waals surface area (Å²) in [5.41, 5.74) is 0.927. The molecule has 1 aromatic carbocycles. The molecule has 1 aromatic heterocycles. The number of hydrogen-bond donors (Lipinski definition) is 2. The summed E-state index contributed by atoms with van der Waals surface area (Å²) in [5.74, 6) is -0.142. The van der Waals surface area contributed by atoms with Crippen LogP contribution in [0.2, 0.25) is 0 Å². The molecular formula is C22H30N4O4. The van der Waals surface area contributed by atoms with Crippen LogP contribution in [0.1, 0.15) is 56.4 Å². The molecule has 1 heterocycles. The standard InChI is InChI=1S/C22H30N4O4/c1-5-9-18(13-12-15(2)3)21(27)26(29)22(28)24-19(20-23-16(4)25-30-20)14-17-10-7-6-8-11-17/h5-8,10-11,15,18-19,29H,1,9,12-14H2,2-4H3,(H,24,28)/t18-,19+/m1/s1. The van der Waals surface area contributed by atoms with E-state index in [0.717, 1.165) is 12.0 Å². The van der Waals surface area contributed by atoms with E-state index >= 15 is 0 Å². The second-order valence-electron chi connectivity index (χ2n) is 7.71. The van der Waals surface area contributed by atoms with Gasteiger partial charge in [0.1, 0.15) is 6.04 Å². The number of carbonyl (C=O) groups is 2. The summed E-state index contributed by atoms with van der Waals surface area (Å²) in [7, 11) is 0. The van der Waals surface area contributed by atoms with Gasteiger partial charge < -0.3 is 9.84 Å². The van der Waals surface area contributed by atoms with Crippen molar-refractivity contribution in [3.8, 4) is 0 Å². The molecule has 2 N–H and O–H groups in total. The van der Waals surface area contributed by atoms with Gasteiger partial charge in [0.2, 0.25) is 5.89 Å². The molecule has 3 amide bonds. The largest absolute Gasteiger partial charge is 0.349 e. The number of nitrogens with zero attached hydrogens (tertiary/aromatic N) is 3. The summed E-state index contributed by atoms with van der Waals surface area (Å²) in [5, 5.41) is 16.8. The average molecular weight is 415 g/mol. The molecule has 2 atom stereocenters. The molecule has 0 spiro atoms. The smallest absolute Gasteiger partial charge is 0.337 e. The minimum absolute atomic E-state index is 0.149. The van der Waals surface area contributed by atoms with E-state index < -0.39 is 23.9 Å². The molecule has 0 saturated heterocycles. The molecule has 162 valence electrons. The van der Waals surface area contributed by atoms with E-state index in [1.54, 1.807) is 13.0 Å². The quantitative estimate of drug-likeness (QED) is 0.342. The predicted molar refractivity (Wildman–Crippen MR) is 111 cm³/mol. The number of benzene rings is 1. The lowest BCUT2D eigenvalue weighted by molar-refractivity contribution is -0.157. The molecule has 8 heteroatoms. The van der Waals surface area contributed by atoms with Crippen LogP contribution in [-0.2, 0) is 11.2 Å². The van der Waals surface area contributed by atoms with Gasteiger partial charge in [-0.2, -0.15) is 4.98 Å². The maximum absolute atomic E-state index is 12.7. The molecule has 8 nitrogen and oxygen atoms in total. The van der Waals surface area contributed by atoms with E-state index in [2.05, 4.69) is 35.9 Å². The minimum Gasteiger partial charge on any atom is -0.337 e. The fourth-order valence-corrected chi connectivity index (χ4v) is 3.07. The van der Waals surface area contributed by atoms with Crippen molar-refractivity contribution in [3.05, 3.63) is 60.3 Å². The fraction of sp³-hybridized carbons (Fsp3) is 0.455. The van der Waals surface area contributed by atoms with Crippen LogP contribution in [0.3, 0.4) is 0 Å². The minimum atomic E-state index is -0.935. The van der Waals surface area contributed by atoms with Crippen molar-refractivity contribution in [2.45, 2.75) is 52.5 Å². The number of allylic oxidation sites excluding steroid dienone is 1. The van der Waals surface area contributed by atoms with E-state index in [-0.39, 0.29) is 11.0 Å². The Morgan fingerprint density at radius 3 is 2.53 bits per heavy atom. The Labute approximate surface area is 176 Å². The third-order valence-corrected chi connectivity index (χ3v) is 4.72. The number of nitrogens with one attached hydrogen (secondary N) is 1. The zero-order valence-corrected chi connectivity index (χ0v) is 17.7. The molecule has 0 unspecified atom stereocenters. The van der Waals surface area contributed by atoms with Crippen LogP contribution in [0.25, 0.3) is 0 Å². The van der Waals surface area contributed by atoms with Crippen molar-refractivity contribution in [1.29, 1.82) is 0 Å². The van der Waals surface area contributed by atoms with Gasteiger partial charge in [0.15, 0.2) is 5.82 Å². The highest BCUT2D eigenvalue weighted by Crippen LogP contribution is 2.20. The van der Waals surface area contributed by atoms with Crippen molar-refractivity contribution < 1.29 is 19.3 Å². The number of imide groups is 1. The van der Waals surface area contributed by atoms with Crippen molar-refractivity contribution in [2.24, 2.45) is 11.8 Å². The van der Waals surface area contributed by atoms with E-state index in [0.29, 0.717) is 31.0 Å². The van der Waals surface area contributed by atoms with Crippen LogP contribution >= 0.6 is 0 Å². The summed E-state index contributed by atoms with van der Waals surface area (Å²) in [4.78, 5) is 29.5. The first kappa shape index (κ1) is 23.3. The Hall–Kier alpha value is -3.00. The number of hydroxylamine groups is 2. The maximum Gasteiger partial charge on any atom is 0.349 e. The van der Waals surface area contributed by atoms with Crippen molar-refractivity contribution in [3.63, 3.8) is 0 Å². The molecule has 0 aliphatic heterocycles. The van der Waals surface area contributed by atoms with E-state index in [4.69, 9.17) is 4.52 Å². The van der Waals surface area contributed by atoms with Gasteiger partial charge in [-0.3, -0.25) is 10.0 Å². The predicted octanol–water partition coefficient (Wildman–Crippen LogP) is 4.22. The Balaban J connectivity index is 2.12. The molecule has 2 aromatic rings. The monoisotopic (exact) mass is 414 g/mol. The van der Waals surface area contributed by atoms with E-state index in [9.17, 15) is 14.8 Å². The maximum atomic E-state index is 12.7. The first-order chi connectivity index (χ1) is 14.3. The second-order valence-corrected chi connectivity index (χ2v) is 7.71. The summed E-state index contributed by atoms with van der Waals surface area (Å²) in [6.45, 7) is 9.45. The molecule has 0 aliphatic rings. The molecule has 0 saturated carbocycles. The van der Waals surface area contributed by atoms with Gasteiger partial charge >= 0.3 is 6.03 Å². The molecule has 2 rings (SSSR count). The first-order valence-electron chi connectivity index (χ1n) is 10.1. The lowest BCUT2D eigenvalue weighted by Gasteiger charge is -2.23. The topological polar surface area (TPSA) is 109 Å². The molecule has 0 fully saturated rings. The van der Waals surface area contributed by atoms with Gasteiger partial charge in [0.25, 0.3) is 5.91 Å². The first-order valence-corrected chi connectivity index (χ1v) is 10.1. The Morgan fingerprint density at radius 2 is 1.97 bits per heavy atom. The van der Waals surface area contributed by atoms with Gasteiger partial charge in [0, 0.05) is 12.3 Å². The van der Waals surface area contributed by atoms with E-state index in [1.165, 1.54) is 0 Å². The van der Waals surface area contributed by atoms with Gasteiger partial charge in [-0.05, 0) is 31.2 Å².